The van der Waals surface area contributed by atoms with Crippen LogP contribution in [0.4, 0.5) is 0 Å². The fraction of sp³-hybridized carbons (Fsp3) is 0.0588. The number of aromatic nitrogens is 1. The van der Waals surface area contributed by atoms with Gasteiger partial charge >= 0.3 is 0 Å². The van der Waals surface area contributed by atoms with E-state index >= 15 is 0 Å². The number of pyridine rings is 1. The molecule has 3 rings (SSSR count). The van der Waals surface area contributed by atoms with Gasteiger partial charge in [0.1, 0.15) is 18.6 Å². The molecule has 1 heterocycles. The van der Waals surface area contributed by atoms with Gasteiger partial charge < -0.3 is 4.74 Å². The molecular weight excluding hydrogens is 250 g/mol. The van der Waals surface area contributed by atoms with E-state index in [1.807, 2.05) is 30.3 Å². The van der Waals surface area contributed by atoms with Crippen LogP contribution in [-0.4, -0.2) is 11.3 Å². The van der Waals surface area contributed by atoms with Crippen molar-refractivity contribution in [2.45, 2.75) is 6.61 Å². The van der Waals surface area contributed by atoms with Crippen molar-refractivity contribution in [3.63, 3.8) is 0 Å². The van der Waals surface area contributed by atoms with E-state index in [1.165, 1.54) is 0 Å². The topological polar surface area (TPSA) is 39.2 Å². The maximum absolute atomic E-state index is 10.6. The third-order valence-corrected chi connectivity index (χ3v) is 3.15. The van der Waals surface area contributed by atoms with Gasteiger partial charge in [-0.3, -0.25) is 9.78 Å². The van der Waals surface area contributed by atoms with Gasteiger partial charge in [-0.25, -0.2) is 0 Å². The van der Waals surface area contributed by atoms with E-state index in [0.29, 0.717) is 12.2 Å². The number of carbonyl (C=O) groups is 1. The Labute approximate surface area is 116 Å². The molecule has 0 saturated heterocycles. The van der Waals surface area contributed by atoms with Gasteiger partial charge in [-0.1, -0.05) is 18.2 Å². The summed E-state index contributed by atoms with van der Waals surface area (Å²) in [5, 5.41) is 1.10. The number of carbonyl (C=O) groups excluding carboxylic acids is 1. The lowest BCUT2D eigenvalue weighted by Gasteiger charge is -2.08. The molecule has 0 saturated carbocycles. The molecule has 0 atom stereocenters. The lowest BCUT2D eigenvalue weighted by Crippen LogP contribution is -1.97. The minimum atomic E-state index is 0.476. The van der Waals surface area contributed by atoms with Gasteiger partial charge in [0.2, 0.25) is 0 Å². The number of hydrogen-bond donors (Lipinski definition) is 0. The minimum absolute atomic E-state index is 0.476. The molecule has 98 valence electrons. The second-order valence-corrected chi connectivity index (χ2v) is 4.46. The molecule has 3 nitrogen and oxygen atoms in total. The number of ether oxygens (including phenoxy) is 1. The smallest absolute Gasteiger partial charge is 0.150 e. The van der Waals surface area contributed by atoms with Crippen molar-refractivity contribution in [1.29, 1.82) is 0 Å². The first kappa shape index (κ1) is 12.4. The van der Waals surface area contributed by atoms with Crippen LogP contribution in [0.3, 0.4) is 0 Å². The quantitative estimate of drug-likeness (QED) is 0.675. The second-order valence-electron chi connectivity index (χ2n) is 4.46. The Morgan fingerprint density at radius 3 is 2.60 bits per heavy atom. The minimum Gasteiger partial charge on any atom is -0.489 e. The third-order valence-electron chi connectivity index (χ3n) is 3.15. The van der Waals surface area contributed by atoms with E-state index in [2.05, 4.69) is 4.98 Å². The Kier molecular flexibility index (Phi) is 3.42. The molecule has 0 bridgehead atoms. The van der Waals surface area contributed by atoms with Crippen LogP contribution in [0.5, 0.6) is 5.75 Å². The standard InChI is InChI=1S/C17H13NO2/c19-11-13-5-7-15(8-6-13)20-12-14-9-10-18-17-4-2-1-3-16(14)17/h1-11H,12H2. The first-order chi connectivity index (χ1) is 9.86. The summed E-state index contributed by atoms with van der Waals surface area (Å²) in [4.78, 5) is 14.9. The summed E-state index contributed by atoms with van der Waals surface area (Å²) < 4.78 is 5.76. The maximum atomic E-state index is 10.6. The van der Waals surface area contributed by atoms with Gasteiger partial charge in [0.25, 0.3) is 0 Å². The van der Waals surface area contributed by atoms with Crippen molar-refractivity contribution < 1.29 is 9.53 Å². The summed E-state index contributed by atoms with van der Waals surface area (Å²) in [6.45, 7) is 0.476. The van der Waals surface area contributed by atoms with Crippen molar-refractivity contribution >= 4 is 17.2 Å². The van der Waals surface area contributed by atoms with E-state index in [1.54, 1.807) is 30.5 Å². The van der Waals surface area contributed by atoms with Crippen LogP contribution in [0.2, 0.25) is 0 Å². The fourth-order valence-corrected chi connectivity index (χ4v) is 2.08. The van der Waals surface area contributed by atoms with Gasteiger partial charge in [0, 0.05) is 22.7 Å². The second kappa shape index (κ2) is 5.53. The average molecular weight is 263 g/mol. The molecule has 20 heavy (non-hydrogen) atoms. The molecule has 3 aromatic rings. The number of hydrogen-bond acceptors (Lipinski definition) is 3. The molecule has 2 aromatic carbocycles. The van der Waals surface area contributed by atoms with Gasteiger partial charge in [0.15, 0.2) is 0 Å². The molecule has 0 amide bonds. The highest BCUT2D eigenvalue weighted by atomic mass is 16.5. The van der Waals surface area contributed by atoms with E-state index < -0.39 is 0 Å². The zero-order chi connectivity index (χ0) is 13.8. The first-order valence-electron chi connectivity index (χ1n) is 6.37. The van der Waals surface area contributed by atoms with Crippen molar-refractivity contribution in [1.82, 2.24) is 4.98 Å². The van der Waals surface area contributed by atoms with E-state index in [-0.39, 0.29) is 0 Å². The van der Waals surface area contributed by atoms with Crippen LogP contribution < -0.4 is 4.74 Å². The number of para-hydroxylation sites is 1. The molecule has 0 N–H and O–H groups in total. The Hall–Kier alpha value is -2.68. The normalized spacial score (nSPS) is 10.4. The number of benzene rings is 2. The highest BCUT2D eigenvalue weighted by molar-refractivity contribution is 5.81. The molecule has 0 spiro atoms. The van der Waals surface area contributed by atoms with Gasteiger partial charge in [0.05, 0.1) is 5.52 Å². The summed E-state index contributed by atoms with van der Waals surface area (Å²) in [7, 11) is 0. The molecule has 0 aliphatic heterocycles. The SMILES string of the molecule is O=Cc1ccc(OCc2ccnc3ccccc23)cc1. The van der Waals surface area contributed by atoms with Crippen LogP contribution in [-0.2, 0) is 6.61 Å². The van der Waals surface area contributed by atoms with Crippen LogP contribution in [0.1, 0.15) is 15.9 Å². The Morgan fingerprint density at radius 1 is 1.00 bits per heavy atom. The number of aldehydes is 1. The van der Waals surface area contributed by atoms with Crippen molar-refractivity contribution in [2.75, 3.05) is 0 Å². The van der Waals surface area contributed by atoms with Crippen molar-refractivity contribution in [3.8, 4) is 5.75 Å². The van der Waals surface area contributed by atoms with Gasteiger partial charge in [-0.05, 0) is 36.4 Å². The summed E-state index contributed by atoms with van der Waals surface area (Å²) in [5.74, 6) is 0.747. The summed E-state index contributed by atoms with van der Waals surface area (Å²) >= 11 is 0. The van der Waals surface area contributed by atoms with Crippen LogP contribution in [0, 0.1) is 0 Å². The molecule has 0 aliphatic rings. The Bertz CT molecular complexity index is 730. The molecule has 0 fully saturated rings. The van der Waals surface area contributed by atoms with Crippen molar-refractivity contribution in [2.24, 2.45) is 0 Å². The molecule has 0 radical (unpaired) electrons. The number of fused-ring (bicyclic) bond motifs is 1. The zero-order valence-corrected chi connectivity index (χ0v) is 10.8. The monoisotopic (exact) mass is 263 g/mol. The van der Waals surface area contributed by atoms with Gasteiger partial charge in [-0.2, -0.15) is 0 Å². The largest absolute Gasteiger partial charge is 0.489 e. The number of rotatable bonds is 4. The maximum Gasteiger partial charge on any atom is 0.150 e. The predicted octanol–water partition coefficient (Wildman–Crippen LogP) is 3.63. The summed E-state index contributed by atoms with van der Waals surface area (Å²) in [6, 6.07) is 17.0. The molecular formula is C17H13NO2. The van der Waals surface area contributed by atoms with Crippen LogP contribution >= 0.6 is 0 Å². The summed E-state index contributed by atoms with van der Waals surface area (Å²) in [6.07, 6.45) is 2.61. The van der Waals surface area contributed by atoms with E-state index in [4.69, 9.17) is 4.74 Å². The number of nitrogens with zero attached hydrogens (tertiary/aromatic N) is 1. The van der Waals surface area contributed by atoms with Crippen LogP contribution in [0.25, 0.3) is 10.9 Å². The average Bonchev–Trinajstić information content (AvgIpc) is 2.53. The highest BCUT2D eigenvalue weighted by Gasteiger charge is 2.02. The lowest BCUT2D eigenvalue weighted by atomic mass is 10.1. The van der Waals surface area contributed by atoms with E-state index in [9.17, 15) is 4.79 Å². The Morgan fingerprint density at radius 2 is 1.80 bits per heavy atom. The third kappa shape index (κ3) is 2.52. The molecule has 0 aliphatic carbocycles. The first-order valence-corrected chi connectivity index (χ1v) is 6.37. The van der Waals surface area contributed by atoms with E-state index in [0.717, 1.165) is 28.5 Å². The lowest BCUT2D eigenvalue weighted by molar-refractivity contribution is 0.112. The Balaban J connectivity index is 1.81. The zero-order valence-electron chi connectivity index (χ0n) is 10.8. The molecule has 3 heteroatoms. The fourth-order valence-electron chi connectivity index (χ4n) is 2.08. The van der Waals surface area contributed by atoms with Crippen molar-refractivity contribution in [3.05, 3.63) is 71.9 Å². The molecule has 1 aromatic heterocycles. The van der Waals surface area contributed by atoms with Gasteiger partial charge in [-0.15, -0.1) is 0 Å². The molecule has 0 unspecified atom stereocenters. The highest BCUT2D eigenvalue weighted by Crippen LogP contribution is 2.19. The predicted molar refractivity (Wildman–Crippen MR) is 77.9 cm³/mol. The van der Waals surface area contributed by atoms with Crippen LogP contribution in [0.15, 0.2) is 60.8 Å². The summed E-state index contributed by atoms with van der Waals surface area (Å²) in [5.41, 5.74) is 2.70.